The maximum absolute atomic E-state index is 8.76. The van der Waals surface area contributed by atoms with Crippen molar-refractivity contribution in [1.82, 2.24) is 5.32 Å². The summed E-state index contributed by atoms with van der Waals surface area (Å²) in [7, 11) is 0. The Morgan fingerprint density at radius 3 is 2.27 bits per heavy atom. The molecule has 2 heteroatoms. The molecule has 2 nitrogen and oxygen atoms in total. The molecule has 2 N–H and O–H groups in total. The molecule has 0 radical (unpaired) electrons. The molecular formula is C13H29NO. The molecule has 0 saturated heterocycles. The van der Waals surface area contributed by atoms with Crippen molar-refractivity contribution in [3.63, 3.8) is 0 Å². The monoisotopic (exact) mass is 215 g/mol. The van der Waals surface area contributed by atoms with E-state index in [1.807, 2.05) is 0 Å². The van der Waals surface area contributed by atoms with E-state index in [4.69, 9.17) is 5.11 Å². The van der Waals surface area contributed by atoms with E-state index in [0.717, 1.165) is 18.8 Å². The van der Waals surface area contributed by atoms with Crippen LogP contribution in [-0.4, -0.2) is 23.8 Å². The smallest absolute Gasteiger partial charge is 0.0431 e. The third kappa shape index (κ3) is 7.80. The maximum Gasteiger partial charge on any atom is 0.0431 e. The Balaban J connectivity index is 3.76. The lowest BCUT2D eigenvalue weighted by Gasteiger charge is -2.24. The Labute approximate surface area is 95.5 Å². The fraction of sp³-hybridized carbons (Fsp3) is 1.00. The predicted octanol–water partition coefficient (Wildman–Crippen LogP) is 2.95. The number of aliphatic hydroxyl groups excluding tert-OH is 1. The fourth-order valence-corrected chi connectivity index (χ4v) is 1.89. The second kappa shape index (κ2) is 9.17. The number of rotatable bonds is 9. The first kappa shape index (κ1) is 14.9. The van der Waals surface area contributed by atoms with Gasteiger partial charge in [-0.25, -0.2) is 0 Å². The minimum atomic E-state index is 0.314. The van der Waals surface area contributed by atoms with Crippen molar-refractivity contribution >= 4 is 0 Å². The highest BCUT2D eigenvalue weighted by atomic mass is 16.2. The van der Waals surface area contributed by atoms with E-state index in [2.05, 4.69) is 33.0 Å². The third-order valence-electron chi connectivity index (χ3n) is 3.19. The van der Waals surface area contributed by atoms with Crippen LogP contribution >= 0.6 is 0 Å². The Morgan fingerprint density at radius 2 is 1.80 bits per heavy atom. The van der Waals surface area contributed by atoms with Crippen LogP contribution in [0.1, 0.15) is 59.8 Å². The largest absolute Gasteiger partial charge is 0.396 e. The van der Waals surface area contributed by atoms with Crippen LogP contribution in [-0.2, 0) is 0 Å². The summed E-state index contributed by atoms with van der Waals surface area (Å²) in [5.74, 6) is 0.812. The van der Waals surface area contributed by atoms with Crippen LogP contribution in [0.3, 0.4) is 0 Å². The lowest BCUT2D eigenvalue weighted by molar-refractivity contribution is 0.269. The Bertz CT molecular complexity index is 138. The molecule has 0 rings (SSSR count). The van der Waals surface area contributed by atoms with Crippen LogP contribution in [0.25, 0.3) is 0 Å². The van der Waals surface area contributed by atoms with Crippen molar-refractivity contribution in [1.29, 1.82) is 0 Å². The van der Waals surface area contributed by atoms with Gasteiger partial charge in [0.25, 0.3) is 0 Å². The summed E-state index contributed by atoms with van der Waals surface area (Å²) in [4.78, 5) is 0. The molecule has 0 aromatic heterocycles. The first-order valence-electron chi connectivity index (χ1n) is 6.50. The summed E-state index contributed by atoms with van der Waals surface area (Å²) in [5.41, 5.74) is 0. The van der Waals surface area contributed by atoms with Gasteiger partial charge < -0.3 is 10.4 Å². The first-order valence-corrected chi connectivity index (χ1v) is 6.50. The standard InChI is InChI=1S/C13H29NO/c1-5-11(3)10-13(6-2)14-12(4)8-7-9-15/h11-15H,5-10H2,1-4H3/t11-,12+,13-/m0/s1. The van der Waals surface area contributed by atoms with E-state index < -0.39 is 0 Å². The van der Waals surface area contributed by atoms with Gasteiger partial charge >= 0.3 is 0 Å². The van der Waals surface area contributed by atoms with E-state index in [9.17, 15) is 0 Å². The highest BCUT2D eigenvalue weighted by molar-refractivity contribution is 4.72. The molecule has 3 atom stereocenters. The fourth-order valence-electron chi connectivity index (χ4n) is 1.89. The molecule has 0 bridgehead atoms. The molecule has 0 unspecified atom stereocenters. The molecule has 15 heavy (non-hydrogen) atoms. The van der Waals surface area contributed by atoms with Crippen LogP contribution < -0.4 is 5.32 Å². The summed E-state index contributed by atoms with van der Waals surface area (Å²) >= 11 is 0. The van der Waals surface area contributed by atoms with E-state index >= 15 is 0 Å². The highest BCUT2D eigenvalue weighted by Crippen LogP contribution is 2.13. The van der Waals surface area contributed by atoms with Crippen LogP contribution in [0, 0.1) is 5.92 Å². The summed E-state index contributed by atoms with van der Waals surface area (Å²) < 4.78 is 0. The van der Waals surface area contributed by atoms with Gasteiger partial charge in [0.15, 0.2) is 0 Å². The van der Waals surface area contributed by atoms with Gasteiger partial charge in [0.1, 0.15) is 0 Å². The minimum Gasteiger partial charge on any atom is -0.396 e. The predicted molar refractivity (Wildman–Crippen MR) is 67.1 cm³/mol. The van der Waals surface area contributed by atoms with E-state index in [1.165, 1.54) is 19.3 Å². The van der Waals surface area contributed by atoms with E-state index in [1.54, 1.807) is 0 Å². The van der Waals surface area contributed by atoms with Gasteiger partial charge in [-0.1, -0.05) is 27.2 Å². The number of hydrogen-bond donors (Lipinski definition) is 2. The van der Waals surface area contributed by atoms with Crippen molar-refractivity contribution in [2.45, 2.75) is 71.9 Å². The zero-order valence-corrected chi connectivity index (χ0v) is 10.9. The van der Waals surface area contributed by atoms with Gasteiger partial charge in [-0.3, -0.25) is 0 Å². The van der Waals surface area contributed by atoms with Crippen molar-refractivity contribution in [3.05, 3.63) is 0 Å². The maximum atomic E-state index is 8.76. The van der Waals surface area contributed by atoms with Crippen LogP contribution in [0.15, 0.2) is 0 Å². The molecule has 92 valence electrons. The Hall–Kier alpha value is -0.0800. The lowest BCUT2D eigenvalue weighted by Crippen LogP contribution is -2.37. The molecule has 0 spiro atoms. The van der Waals surface area contributed by atoms with Gasteiger partial charge in [-0.2, -0.15) is 0 Å². The van der Waals surface area contributed by atoms with E-state index in [-0.39, 0.29) is 0 Å². The second-order valence-corrected chi connectivity index (χ2v) is 4.79. The van der Waals surface area contributed by atoms with E-state index in [0.29, 0.717) is 18.7 Å². The SMILES string of the molecule is CC[C@H](C)C[C@H](CC)N[C@H](C)CCCO. The average Bonchev–Trinajstić information content (AvgIpc) is 2.25. The third-order valence-corrected chi connectivity index (χ3v) is 3.19. The quantitative estimate of drug-likeness (QED) is 0.620. The van der Waals surface area contributed by atoms with Crippen LogP contribution in [0.2, 0.25) is 0 Å². The first-order chi connectivity index (χ1) is 7.13. The summed E-state index contributed by atoms with van der Waals surface area (Å²) in [6, 6.07) is 1.18. The summed E-state index contributed by atoms with van der Waals surface area (Å²) in [6.07, 6.45) is 5.73. The normalized spacial score (nSPS) is 17.4. The number of hydrogen-bond acceptors (Lipinski definition) is 2. The summed E-state index contributed by atoms with van der Waals surface area (Å²) in [5, 5.41) is 12.4. The topological polar surface area (TPSA) is 32.3 Å². The molecule has 0 fully saturated rings. The van der Waals surface area contributed by atoms with Crippen LogP contribution in [0.4, 0.5) is 0 Å². The van der Waals surface area contributed by atoms with Gasteiger partial charge in [0.05, 0.1) is 0 Å². The second-order valence-electron chi connectivity index (χ2n) is 4.79. The zero-order chi connectivity index (χ0) is 11.7. The van der Waals surface area contributed by atoms with Crippen LogP contribution in [0.5, 0.6) is 0 Å². The molecule has 0 aromatic carbocycles. The molecule has 0 aliphatic heterocycles. The average molecular weight is 215 g/mol. The molecular weight excluding hydrogens is 186 g/mol. The number of nitrogens with one attached hydrogen (secondary N) is 1. The molecule has 0 heterocycles. The zero-order valence-electron chi connectivity index (χ0n) is 10.9. The highest BCUT2D eigenvalue weighted by Gasteiger charge is 2.12. The van der Waals surface area contributed by atoms with Crippen molar-refractivity contribution in [2.24, 2.45) is 5.92 Å². The van der Waals surface area contributed by atoms with Gasteiger partial charge in [0.2, 0.25) is 0 Å². The van der Waals surface area contributed by atoms with Gasteiger partial charge in [-0.05, 0) is 38.5 Å². The Morgan fingerprint density at radius 1 is 1.13 bits per heavy atom. The van der Waals surface area contributed by atoms with Crippen molar-refractivity contribution in [2.75, 3.05) is 6.61 Å². The number of aliphatic hydroxyl groups is 1. The molecule has 0 aliphatic carbocycles. The summed E-state index contributed by atoms with van der Waals surface area (Å²) in [6.45, 7) is 9.36. The van der Waals surface area contributed by atoms with Crippen molar-refractivity contribution < 1.29 is 5.11 Å². The van der Waals surface area contributed by atoms with Gasteiger partial charge in [-0.15, -0.1) is 0 Å². The molecule has 0 amide bonds. The minimum absolute atomic E-state index is 0.314. The van der Waals surface area contributed by atoms with Gasteiger partial charge in [0, 0.05) is 18.7 Å². The lowest BCUT2D eigenvalue weighted by atomic mass is 9.97. The van der Waals surface area contributed by atoms with Crippen molar-refractivity contribution in [3.8, 4) is 0 Å². The molecule has 0 saturated carbocycles. The molecule has 0 aromatic rings. The molecule has 0 aliphatic rings. The Kier molecular flexibility index (Phi) is 9.12.